The summed E-state index contributed by atoms with van der Waals surface area (Å²) in [6, 6.07) is 5.07. The molecule has 0 radical (unpaired) electrons. The van der Waals surface area contributed by atoms with E-state index in [-0.39, 0.29) is 6.04 Å². The molecule has 2 rings (SSSR count). The molecule has 0 aliphatic rings. The summed E-state index contributed by atoms with van der Waals surface area (Å²) in [5.74, 6) is 0. The smallest absolute Gasteiger partial charge is 0.308 e. The standard InChI is InChI=1S/C14H16F3N3S/c1-3-8-18-9(2)12-19-20-13(21-12)10-4-6-11(7-5-10)14(15,16)17/h4-7,9,18H,3,8H2,1-2H3. The van der Waals surface area contributed by atoms with Crippen molar-refractivity contribution in [3.63, 3.8) is 0 Å². The van der Waals surface area contributed by atoms with Gasteiger partial charge < -0.3 is 5.32 Å². The van der Waals surface area contributed by atoms with Gasteiger partial charge in [0, 0.05) is 5.56 Å². The number of benzene rings is 1. The summed E-state index contributed by atoms with van der Waals surface area (Å²) in [7, 11) is 0. The van der Waals surface area contributed by atoms with Crippen LogP contribution in [-0.2, 0) is 6.18 Å². The topological polar surface area (TPSA) is 37.8 Å². The summed E-state index contributed by atoms with van der Waals surface area (Å²) in [6.07, 6.45) is -3.29. The normalized spacial score (nSPS) is 13.4. The molecule has 1 N–H and O–H groups in total. The van der Waals surface area contributed by atoms with Crippen LogP contribution >= 0.6 is 11.3 Å². The van der Waals surface area contributed by atoms with Gasteiger partial charge in [-0.2, -0.15) is 13.2 Å². The van der Waals surface area contributed by atoms with E-state index in [1.165, 1.54) is 23.5 Å². The van der Waals surface area contributed by atoms with Gasteiger partial charge in [0.05, 0.1) is 11.6 Å². The maximum Gasteiger partial charge on any atom is 0.416 e. The number of nitrogens with one attached hydrogen (secondary N) is 1. The van der Waals surface area contributed by atoms with Gasteiger partial charge in [-0.1, -0.05) is 30.4 Å². The van der Waals surface area contributed by atoms with Gasteiger partial charge in [0.2, 0.25) is 0 Å². The Balaban J connectivity index is 2.14. The first-order valence-corrected chi connectivity index (χ1v) is 7.48. The second-order valence-electron chi connectivity index (χ2n) is 4.70. The van der Waals surface area contributed by atoms with Crippen molar-refractivity contribution in [2.45, 2.75) is 32.5 Å². The largest absolute Gasteiger partial charge is 0.416 e. The predicted molar refractivity (Wildman–Crippen MR) is 77.1 cm³/mol. The highest BCUT2D eigenvalue weighted by Gasteiger charge is 2.30. The molecule has 0 fully saturated rings. The Kier molecular flexibility index (Phi) is 4.95. The van der Waals surface area contributed by atoms with Crippen LogP contribution in [0.15, 0.2) is 24.3 Å². The zero-order valence-corrected chi connectivity index (χ0v) is 12.6. The molecule has 0 amide bonds. The van der Waals surface area contributed by atoms with Crippen molar-refractivity contribution in [3.05, 3.63) is 34.8 Å². The third kappa shape index (κ3) is 4.01. The minimum atomic E-state index is -4.32. The number of aromatic nitrogens is 2. The molecule has 0 bridgehead atoms. The molecule has 1 aromatic heterocycles. The first-order valence-electron chi connectivity index (χ1n) is 6.66. The lowest BCUT2D eigenvalue weighted by molar-refractivity contribution is -0.137. The van der Waals surface area contributed by atoms with Gasteiger partial charge in [-0.25, -0.2) is 0 Å². The summed E-state index contributed by atoms with van der Waals surface area (Å²) in [4.78, 5) is 0. The minimum absolute atomic E-state index is 0.0886. The van der Waals surface area contributed by atoms with E-state index in [1.54, 1.807) is 0 Å². The summed E-state index contributed by atoms with van der Waals surface area (Å²) in [5.41, 5.74) is -0.0107. The Hall–Kier alpha value is -1.47. The van der Waals surface area contributed by atoms with Crippen LogP contribution < -0.4 is 5.32 Å². The molecule has 0 spiro atoms. The molecule has 0 saturated heterocycles. The Morgan fingerprint density at radius 3 is 2.43 bits per heavy atom. The fourth-order valence-corrected chi connectivity index (χ4v) is 2.65. The van der Waals surface area contributed by atoms with Crippen molar-refractivity contribution in [1.29, 1.82) is 0 Å². The molecule has 1 aromatic carbocycles. The fraction of sp³-hybridized carbons (Fsp3) is 0.429. The highest BCUT2D eigenvalue weighted by Crippen LogP contribution is 2.32. The average Bonchev–Trinajstić information content (AvgIpc) is 2.94. The van der Waals surface area contributed by atoms with Crippen molar-refractivity contribution < 1.29 is 13.2 Å². The number of hydrogen-bond donors (Lipinski definition) is 1. The maximum absolute atomic E-state index is 12.5. The van der Waals surface area contributed by atoms with Crippen LogP contribution in [0, 0.1) is 0 Å². The van der Waals surface area contributed by atoms with Gasteiger partial charge >= 0.3 is 6.18 Å². The summed E-state index contributed by atoms with van der Waals surface area (Å²) in [6.45, 7) is 4.95. The summed E-state index contributed by atoms with van der Waals surface area (Å²) >= 11 is 1.39. The van der Waals surface area contributed by atoms with Crippen molar-refractivity contribution >= 4 is 11.3 Å². The van der Waals surface area contributed by atoms with Crippen molar-refractivity contribution in [1.82, 2.24) is 15.5 Å². The van der Waals surface area contributed by atoms with Crippen LogP contribution in [0.2, 0.25) is 0 Å². The monoisotopic (exact) mass is 315 g/mol. The third-order valence-electron chi connectivity index (χ3n) is 2.97. The molecule has 1 unspecified atom stereocenters. The highest BCUT2D eigenvalue weighted by atomic mass is 32.1. The number of halogens is 3. The van der Waals surface area contributed by atoms with Gasteiger partial charge in [0.25, 0.3) is 0 Å². The maximum atomic E-state index is 12.5. The molecule has 7 heteroatoms. The van der Waals surface area contributed by atoms with E-state index in [1.807, 2.05) is 6.92 Å². The van der Waals surface area contributed by atoms with Crippen LogP contribution in [0.25, 0.3) is 10.6 Å². The van der Waals surface area contributed by atoms with Crippen molar-refractivity contribution in [2.24, 2.45) is 0 Å². The molecular weight excluding hydrogens is 299 g/mol. The summed E-state index contributed by atoms with van der Waals surface area (Å²) in [5, 5.41) is 12.9. The zero-order chi connectivity index (χ0) is 15.5. The van der Waals surface area contributed by atoms with Crippen LogP contribution in [0.4, 0.5) is 13.2 Å². The number of nitrogens with zero attached hydrogens (tertiary/aromatic N) is 2. The molecule has 1 atom stereocenters. The van der Waals surface area contributed by atoms with Crippen LogP contribution in [-0.4, -0.2) is 16.7 Å². The number of rotatable bonds is 5. The van der Waals surface area contributed by atoms with Gasteiger partial charge in [-0.05, 0) is 32.0 Å². The van der Waals surface area contributed by atoms with E-state index in [2.05, 4.69) is 22.4 Å². The first kappa shape index (κ1) is 15.9. The van der Waals surface area contributed by atoms with Crippen LogP contribution in [0.5, 0.6) is 0 Å². The second-order valence-corrected chi connectivity index (χ2v) is 5.71. The second kappa shape index (κ2) is 6.53. The van der Waals surface area contributed by atoms with E-state index in [0.29, 0.717) is 10.6 Å². The molecule has 0 aliphatic carbocycles. The molecule has 21 heavy (non-hydrogen) atoms. The van der Waals surface area contributed by atoms with Crippen molar-refractivity contribution in [2.75, 3.05) is 6.54 Å². The zero-order valence-electron chi connectivity index (χ0n) is 11.7. The Labute approximate surface area is 125 Å². The van der Waals surface area contributed by atoms with Gasteiger partial charge in [-0.3, -0.25) is 0 Å². The lowest BCUT2D eigenvalue weighted by Crippen LogP contribution is -2.18. The van der Waals surface area contributed by atoms with E-state index in [4.69, 9.17) is 0 Å². The lowest BCUT2D eigenvalue weighted by Gasteiger charge is -2.08. The van der Waals surface area contributed by atoms with Gasteiger partial charge in [-0.15, -0.1) is 10.2 Å². The number of hydrogen-bond acceptors (Lipinski definition) is 4. The minimum Gasteiger partial charge on any atom is -0.308 e. The quantitative estimate of drug-likeness (QED) is 0.894. The fourth-order valence-electron chi connectivity index (χ4n) is 1.78. The van der Waals surface area contributed by atoms with Crippen LogP contribution in [0.3, 0.4) is 0 Å². The molecule has 2 aromatic rings. The molecule has 1 heterocycles. The van der Waals surface area contributed by atoms with Crippen molar-refractivity contribution in [3.8, 4) is 10.6 Å². The Morgan fingerprint density at radius 2 is 1.86 bits per heavy atom. The van der Waals surface area contributed by atoms with E-state index in [0.717, 1.165) is 30.1 Å². The Morgan fingerprint density at radius 1 is 1.19 bits per heavy atom. The lowest BCUT2D eigenvalue weighted by atomic mass is 10.1. The molecular formula is C14H16F3N3S. The highest BCUT2D eigenvalue weighted by molar-refractivity contribution is 7.14. The predicted octanol–water partition coefficient (Wildman–Crippen LogP) is 4.28. The third-order valence-corrected chi connectivity index (χ3v) is 4.13. The molecule has 0 saturated carbocycles. The SMILES string of the molecule is CCCNC(C)c1nnc(-c2ccc(C(F)(F)F)cc2)s1. The van der Waals surface area contributed by atoms with Gasteiger partial charge in [0.15, 0.2) is 0 Å². The number of alkyl halides is 3. The first-order chi connectivity index (χ1) is 9.91. The van der Waals surface area contributed by atoms with Gasteiger partial charge in [0.1, 0.15) is 10.0 Å². The average molecular weight is 315 g/mol. The molecule has 114 valence electrons. The molecule has 0 aliphatic heterocycles. The molecule has 3 nitrogen and oxygen atoms in total. The van der Waals surface area contributed by atoms with Crippen LogP contribution in [0.1, 0.15) is 36.9 Å². The van der Waals surface area contributed by atoms with E-state index in [9.17, 15) is 13.2 Å². The Bertz CT molecular complexity index is 578. The van der Waals surface area contributed by atoms with E-state index < -0.39 is 11.7 Å². The summed E-state index contributed by atoms with van der Waals surface area (Å²) < 4.78 is 37.6. The van der Waals surface area contributed by atoms with E-state index >= 15 is 0 Å².